The van der Waals surface area contributed by atoms with E-state index >= 15 is 0 Å². The maximum atomic E-state index is 0. The maximum Gasteiger partial charge on any atom is 4.00 e. The topological polar surface area (TPSA) is 85.5 Å². The van der Waals surface area contributed by atoms with Crippen molar-refractivity contribution in [1.82, 2.24) is 0 Å². The third-order valence-electron chi connectivity index (χ3n) is 0. The van der Waals surface area contributed by atoms with Gasteiger partial charge in [-0.25, -0.2) is 0 Å². The molecule has 0 atom stereocenters. The van der Waals surface area contributed by atoms with Crippen LogP contribution in [-0.2, 0) is 38.1 Å². The molecule has 6 heavy (non-hydrogen) atoms. The number of hydrogen-bond acceptors (Lipinski definition) is 0. The van der Waals surface area contributed by atoms with Gasteiger partial charge < -0.3 is 16.4 Å². The fourth-order valence-corrected chi connectivity index (χ4v) is 0. The molecule has 0 fully saturated rings. The van der Waals surface area contributed by atoms with Crippen LogP contribution in [0.25, 0.3) is 0 Å². The normalized spacial score (nSPS) is 0. The summed E-state index contributed by atoms with van der Waals surface area (Å²) in [6.07, 6.45) is 0. The molecule has 27 valence electrons. The molecule has 0 aromatic carbocycles. The average molecular weight is 384 g/mol. The van der Waals surface area contributed by atoms with Crippen molar-refractivity contribution in [1.29, 1.82) is 0 Å². The van der Waals surface area contributed by atoms with Crippen molar-refractivity contribution in [2.45, 2.75) is 0 Å². The van der Waals surface area contributed by atoms with Crippen molar-refractivity contribution in [3.63, 3.8) is 0 Å². The molecular weight excluding hydrogens is 384 g/mol. The van der Waals surface area contributed by atoms with Crippen molar-refractivity contribution >= 4 is 48.9 Å². The van der Waals surface area contributed by atoms with Crippen LogP contribution >= 0.6 is 0 Å². The predicted octanol–water partition coefficient (Wildman–Crippen LogP) is -0.740. The number of rotatable bonds is 0. The van der Waals surface area contributed by atoms with E-state index in [0.29, 0.717) is 0 Å². The van der Waals surface area contributed by atoms with E-state index in [0.717, 1.165) is 0 Å². The molecule has 1 radical (unpaired) electrons. The summed E-state index contributed by atoms with van der Waals surface area (Å²) in [6.45, 7) is 0. The summed E-state index contributed by atoms with van der Waals surface area (Å²) < 4.78 is 0. The Labute approximate surface area is 124 Å². The second-order valence-electron chi connectivity index (χ2n) is 0. The van der Waals surface area contributed by atoms with E-state index in [9.17, 15) is 0 Å². The average Bonchev–Trinajstić information content (AvgIpc) is 0. The quantitative estimate of drug-likeness (QED) is 0.494. The van der Waals surface area contributed by atoms with E-state index in [1.165, 1.54) is 0 Å². The van der Waals surface area contributed by atoms with Gasteiger partial charge in [0.25, 0.3) is 0 Å². The molecule has 6 heteroatoms. The molecule has 0 spiro atoms. The summed E-state index contributed by atoms with van der Waals surface area (Å²) >= 11 is 0. The summed E-state index contributed by atoms with van der Waals surface area (Å²) in [5.74, 6) is 0. The van der Waals surface area contributed by atoms with Gasteiger partial charge in [-0.2, -0.15) is 0 Å². The van der Waals surface area contributed by atoms with Gasteiger partial charge >= 0.3 is 111 Å². The predicted molar refractivity (Wildman–Crippen MR) is 7.81 cm³/mol. The second-order valence-corrected chi connectivity index (χ2v) is 0. The fraction of sp³-hybridized carbons (Fsp3) is 0. The van der Waals surface area contributed by atoms with E-state index in [1.807, 2.05) is 0 Å². The van der Waals surface area contributed by atoms with Crippen LogP contribution in [-0.4, -0.2) is 48.9 Å². The molecule has 0 aliphatic heterocycles. The molecule has 0 aliphatic rings. The first-order valence-corrected chi connectivity index (χ1v) is 0. The van der Waals surface area contributed by atoms with E-state index in [4.69, 9.17) is 0 Å². The SMILES string of the molecule is [Ba+2].[O-2].[O-2].[O-2].[Sm+3].[Ti+4]. The molecular formula is BaO3SmTi+3. The van der Waals surface area contributed by atoms with Crippen molar-refractivity contribution in [3.8, 4) is 0 Å². The second kappa shape index (κ2) is 39.0. The Kier molecular flexibility index (Phi) is 364. The first-order chi connectivity index (χ1) is 0. The maximum absolute atomic E-state index is 0. The van der Waals surface area contributed by atoms with Crippen LogP contribution in [0.5, 0.6) is 0 Å². The Morgan fingerprint density at radius 3 is 0.667 bits per heavy atom. The van der Waals surface area contributed by atoms with E-state index in [2.05, 4.69) is 0 Å². The van der Waals surface area contributed by atoms with Crippen molar-refractivity contribution in [3.05, 3.63) is 0 Å². The Bertz CT molecular complexity index is 10.8. The Morgan fingerprint density at radius 2 is 0.667 bits per heavy atom. The molecule has 0 bridgehead atoms. The molecule has 0 aliphatic carbocycles. The first-order valence-electron chi connectivity index (χ1n) is 0. The summed E-state index contributed by atoms with van der Waals surface area (Å²) in [7, 11) is 0. The van der Waals surface area contributed by atoms with Gasteiger partial charge in [0.1, 0.15) is 0 Å². The molecule has 0 amide bonds. The molecule has 0 saturated heterocycles. The summed E-state index contributed by atoms with van der Waals surface area (Å²) in [6, 6.07) is 0. The van der Waals surface area contributed by atoms with E-state index < -0.39 is 0 Å². The van der Waals surface area contributed by atoms with Crippen LogP contribution in [0, 0.1) is 40.4 Å². The zero-order valence-corrected chi connectivity index (χ0v) is 11.5. The third kappa shape index (κ3) is 25.9. The minimum absolute atomic E-state index is 0. The first kappa shape index (κ1) is 56.0. The van der Waals surface area contributed by atoms with Crippen molar-refractivity contribution in [2.24, 2.45) is 0 Å². The van der Waals surface area contributed by atoms with E-state index in [-0.39, 0.29) is 127 Å². The fourth-order valence-electron chi connectivity index (χ4n) is 0. The number of hydrogen-bond donors (Lipinski definition) is 0. The summed E-state index contributed by atoms with van der Waals surface area (Å²) in [4.78, 5) is 0. The van der Waals surface area contributed by atoms with Crippen LogP contribution in [0.3, 0.4) is 0 Å². The molecule has 0 rings (SSSR count). The van der Waals surface area contributed by atoms with Gasteiger partial charge in [0.15, 0.2) is 0 Å². The molecule has 0 saturated carbocycles. The molecule has 0 aromatic rings. The monoisotopic (exact) mass is 386 g/mol. The summed E-state index contributed by atoms with van der Waals surface area (Å²) in [5, 5.41) is 0. The molecule has 3 nitrogen and oxygen atoms in total. The van der Waals surface area contributed by atoms with Gasteiger partial charge in [-0.3, -0.25) is 0 Å². The largest absolute Gasteiger partial charge is 4.00 e. The minimum Gasteiger partial charge on any atom is -2.00 e. The third-order valence-corrected chi connectivity index (χ3v) is 0. The Hall–Kier alpha value is 3.50. The van der Waals surface area contributed by atoms with Gasteiger partial charge in [-0.15, -0.1) is 0 Å². The standard InChI is InChI=1S/Ba.3O.Sm.Ti/q+2;3*-2;+3;+4. The van der Waals surface area contributed by atoms with E-state index in [1.54, 1.807) is 0 Å². The van der Waals surface area contributed by atoms with Crippen molar-refractivity contribution in [2.75, 3.05) is 0 Å². The zero-order valence-electron chi connectivity index (χ0n) is 2.84. The molecule has 0 heterocycles. The van der Waals surface area contributed by atoms with Crippen LogP contribution in [0.4, 0.5) is 0 Å². The van der Waals surface area contributed by atoms with Gasteiger partial charge in [0.2, 0.25) is 0 Å². The summed E-state index contributed by atoms with van der Waals surface area (Å²) in [5.41, 5.74) is 0. The van der Waals surface area contributed by atoms with Gasteiger partial charge in [0.05, 0.1) is 0 Å². The van der Waals surface area contributed by atoms with Crippen molar-refractivity contribution < 1.29 is 78.5 Å². The van der Waals surface area contributed by atoms with Crippen LogP contribution in [0.15, 0.2) is 0 Å². The zero-order chi connectivity index (χ0) is 0. The van der Waals surface area contributed by atoms with Crippen LogP contribution < -0.4 is 0 Å². The minimum atomic E-state index is 0. The van der Waals surface area contributed by atoms with Crippen LogP contribution in [0.1, 0.15) is 0 Å². The molecule has 0 N–H and O–H groups in total. The smallest absolute Gasteiger partial charge is 2.00 e. The van der Waals surface area contributed by atoms with Gasteiger partial charge in [-0.05, 0) is 0 Å². The Morgan fingerprint density at radius 1 is 0.667 bits per heavy atom. The molecule has 0 unspecified atom stereocenters. The van der Waals surface area contributed by atoms with Gasteiger partial charge in [0, 0.05) is 0 Å². The van der Waals surface area contributed by atoms with Gasteiger partial charge in [-0.1, -0.05) is 0 Å². The Balaban J connectivity index is 0. The molecule has 0 aromatic heterocycles. The van der Waals surface area contributed by atoms with Crippen LogP contribution in [0.2, 0.25) is 0 Å².